The first-order chi connectivity index (χ1) is 43.3. The third-order valence-corrected chi connectivity index (χ3v) is 19.0. The van der Waals surface area contributed by atoms with E-state index < -0.39 is 0 Å². The maximum absolute atomic E-state index is 8.79. The molecule has 0 radical (unpaired) electrons. The second-order valence-electron chi connectivity index (χ2n) is 24.5. The zero-order valence-electron chi connectivity index (χ0n) is 53.5. The van der Waals surface area contributed by atoms with Crippen molar-refractivity contribution in [3.63, 3.8) is 0 Å². The Hall–Kier alpha value is -6.13. The van der Waals surface area contributed by atoms with Crippen molar-refractivity contribution in [2.75, 3.05) is 143 Å². The van der Waals surface area contributed by atoms with Gasteiger partial charge in [-0.15, -0.1) is 0 Å². The summed E-state index contributed by atoms with van der Waals surface area (Å²) in [4.78, 5) is 18.1. The minimum Gasteiger partial charge on any atom is -0.399 e. The van der Waals surface area contributed by atoms with Crippen molar-refractivity contribution < 1.29 is 0 Å². The van der Waals surface area contributed by atoms with E-state index in [0.717, 1.165) is 147 Å². The number of hydrogen-bond donors (Lipinski definition) is 4. The Morgan fingerprint density at radius 2 is 0.966 bits per heavy atom. The molecule has 472 valence electrons. The molecule has 5 aliphatic heterocycles. The highest BCUT2D eigenvalue weighted by Gasteiger charge is 2.23. The molecule has 0 unspecified atom stereocenters. The van der Waals surface area contributed by atoms with Gasteiger partial charge in [-0.3, -0.25) is 14.7 Å². The molecule has 0 amide bonds. The SMILES string of the molecule is CC[C@@H]1CCN(C(=S)Nc2cccc(-c3ccc(CN4CCN(C)CC4)cc3)c2)C1.CC[C@@H]1CCNC1.CN1CCN(Cc2ccc(-c3cccc(N)c3)cc2)CC1.CN1CCN(Cc2ccc(-c3cccc(SC#N)c3)cc2)CC1.Nc1cccc(Br)c1. The van der Waals surface area contributed by atoms with Gasteiger partial charge in [0.25, 0.3) is 0 Å². The molecule has 7 aromatic rings. The van der Waals surface area contributed by atoms with Gasteiger partial charge in [0, 0.05) is 138 Å². The summed E-state index contributed by atoms with van der Waals surface area (Å²) in [6, 6.07) is 59.0. The summed E-state index contributed by atoms with van der Waals surface area (Å²) in [5.74, 6) is 1.76. The number of piperazine rings is 3. The molecule has 5 saturated heterocycles. The Kier molecular flexibility index (Phi) is 28.3. The normalized spacial score (nSPS) is 18.4. The van der Waals surface area contributed by atoms with E-state index in [0.29, 0.717) is 0 Å². The third-order valence-electron chi connectivity index (χ3n) is 17.6. The van der Waals surface area contributed by atoms with Crippen LogP contribution in [0.4, 0.5) is 17.1 Å². The topological polar surface area (TPSA) is 123 Å². The number of anilines is 3. The van der Waals surface area contributed by atoms with Crippen LogP contribution in [0.5, 0.6) is 0 Å². The van der Waals surface area contributed by atoms with Gasteiger partial charge in [0.2, 0.25) is 0 Å². The van der Waals surface area contributed by atoms with Crippen molar-refractivity contribution in [2.45, 2.75) is 64.1 Å². The molecular weight excluding hydrogens is 1200 g/mol. The molecule has 0 bridgehead atoms. The highest BCUT2D eigenvalue weighted by Crippen LogP contribution is 2.28. The fraction of sp³-hybridized carbons (Fsp3) is 0.405. The molecule has 15 heteroatoms. The summed E-state index contributed by atoms with van der Waals surface area (Å²) < 4.78 is 1.03. The molecule has 12 nitrogen and oxygen atoms in total. The number of halogens is 1. The van der Waals surface area contributed by atoms with E-state index in [2.05, 4.69) is 217 Å². The minimum atomic E-state index is 0.778. The number of thiocarbonyl (C=S) groups is 1. The van der Waals surface area contributed by atoms with E-state index >= 15 is 0 Å². The van der Waals surface area contributed by atoms with Gasteiger partial charge in [0.05, 0.1) is 0 Å². The van der Waals surface area contributed by atoms with Crippen LogP contribution >= 0.6 is 39.9 Å². The van der Waals surface area contributed by atoms with Gasteiger partial charge in [-0.1, -0.05) is 158 Å². The lowest BCUT2D eigenvalue weighted by Gasteiger charge is -2.32. The Balaban J connectivity index is 0.000000156. The minimum absolute atomic E-state index is 0.778. The van der Waals surface area contributed by atoms with Crippen LogP contribution in [-0.2, 0) is 19.6 Å². The van der Waals surface area contributed by atoms with Crippen molar-refractivity contribution >= 4 is 62.1 Å². The van der Waals surface area contributed by atoms with Gasteiger partial charge in [0.1, 0.15) is 5.40 Å². The van der Waals surface area contributed by atoms with Gasteiger partial charge in [0.15, 0.2) is 5.11 Å². The molecule has 0 aliphatic carbocycles. The molecule has 5 aliphatic rings. The maximum atomic E-state index is 8.79. The van der Waals surface area contributed by atoms with Crippen LogP contribution < -0.4 is 22.1 Å². The average Bonchev–Trinajstić information content (AvgIpc) is 4.49. The van der Waals surface area contributed by atoms with Crippen molar-refractivity contribution in [1.29, 1.82) is 5.26 Å². The highest BCUT2D eigenvalue weighted by atomic mass is 79.9. The molecule has 0 aromatic heterocycles. The Morgan fingerprint density at radius 3 is 1.36 bits per heavy atom. The van der Waals surface area contributed by atoms with Crippen molar-refractivity contribution in [2.24, 2.45) is 11.8 Å². The summed E-state index contributed by atoms with van der Waals surface area (Å²) >= 11 is 10.2. The molecule has 6 N–H and O–H groups in total. The average molecular weight is 1300 g/mol. The number of thiocyanates is 1. The second-order valence-corrected chi connectivity index (χ2v) is 26.7. The lowest BCUT2D eigenvalue weighted by Crippen LogP contribution is -2.43. The smallest absolute Gasteiger partial charge is 0.173 e. The lowest BCUT2D eigenvalue weighted by molar-refractivity contribution is 0.148. The van der Waals surface area contributed by atoms with Crippen LogP contribution in [-0.4, -0.2) is 165 Å². The van der Waals surface area contributed by atoms with E-state index in [-0.39, 0.29) is 0 Å². The standard InChI is InChI=1S/C25H34N4S.C19H21N3S.C18H23N3.C6H6BrN.C6H13N/c1-3-20-11-12-29(19-20)25(30)26-24-6-4-5-23(17-24)22-9-7-21(8-10-22)18-28-15-13-27(2)14-16-28;1-21-9-11-22(12-10-21)14-16-5-7-17(8-6-16)18-3-2-4-19(13-18)23-15-20;1-20-9-11-21(12-10-20)14-15-5-7-16(8-6-15)17-3-2-4-18(19)13-17;7-5-2-1-3-6(8)4-5;1-2-6-3-4-7-5-6/h4-10,17,20H,3,11-16,18-19H2,1-2H3,(H,26,30);2-8,13H,9-12,14H2,1H3;2-8,13H,9-12,14,19H2,1H3;1-4H,8H2;6-7H,2-5H2,1H3/t20-;;;;6-/m1...1/s1. The number of benzene rings is 7. The Labute approximate surface area is 551 Å². The number of nitrogens with one attached hydrogen (secondary N) is 2. The molecule has 12 rings (SSSR count). The maximum Gasteiger partial charge on any atom is 0.173 e. The van der Waals surface area contributed by atoms with Crippen molar-refractivity contribution in [3.05, 3.63) is 191 Å². The van der Waals surface area contributed by atoms with E-state index in [1.165, 1.54) is 108 Å². The number of likely N-dealkylation sites (N-methyl/N-ethyl adjacent to an activating group) is 3. The number of nitrogen functional groups attached to an aromatic ring is 2. The van der Waals surface area contributed by atoms with Gasteiger partial charge < -0.3 is 41.7 Å². The number of likely N-dealkylation sites (tertiary alicyclic amines) is 1. The van der Waals surface area contributed by atoms with Crippen LogP contribution in [0.25, 0.3) is 33.4 Å². The highest BCUT2D eigenvalue weighted by molar-refractivity contribution is 9.10. The third kappa shape index (κ3) is 23.6. The quantitative estimate of drug-likeness (QED) is 0.0379. The number of nitriles is 1. The molecule has 5 heterocycles. The molecule has 7 aromatic carbocycles. The number of rotatable bonds is 13. The number of hydrogen-bond acceptors (Lipinski definition) is 12. The van der Waals surface area contributed by atoms with E-state index in [1.54, 1.807) is 0 Å². The predicted molar refractivity (Wildman–Crippen MR) is 386 cm³/mol. The zero-order chi connectivity index (χ0) is 62.7. The summed E-state index contributed by atoms with van der Waals surface area (Å²) in [5, 5.41) is 18.6. The van der Waals surface area contributed by atoms with Crippen LogP contribution in [0.1, 0.15) is 56.2 Å². The number of thioether (sulfide) groups is 1. The number of nitrogens with zero attached hydrogens (tertiary/aromatic N) is 8. The van der Waals surface area contributed by atoms with E-state index in [4.69, 9.17) is 28.9 Å². The molecule has 5 fully saturated rings. The van der Waals surface area contributed by atoms with Gasteiger partial charge in [-0.05, 0) is 188 Å². The van der Waals surface area contributed by atoms with E-state index in [9.17, 15) is 0 Å². The van der Waals surface area contributed by atoms with Gasteiger partial charge in [-0.25, -0.2) is 0 Å². The second kappa shape index (κ2) is 36.6. The first-order valence-electron chi connectivity index (χ1n) is 32.2. The molecule has 0 saturated carbocycles. The van der Waals surface area contributed by atoms with Gasteiger partial charge >= 0.3 is 0 Å². The lowest BCUT2D eigenvalue weighted by atomic mass is 10.0. The first-order valence-corrected chi connectivity index (χ1v) is 34.2. The van der Waals surface area contributed by atoms with Crippen LogP contribution in [0.3, 0.4) is 0 Å². The molecule has 2 atom stereocenters. The molecule has 0 spiro atoms. The van der Waals surface area contributed by atoms with Crippen molar-refractivity contribution in [3.8, 4) is 38.8 Å². The van der Waals surface area contributed by atoms with Crippen LogP contribution in [0.2, 0.25) is 0 Å². The first kappa shape index (κ1) is 68.8. The largest absolute Gasteiger partial charge is 0.399 e. The summed E-state index contributed by atoms with van der Waals surface area (Å²) in [5.41, 5.74) is 25.3. The van der Waals surface area contributed by atoms with Crippen LogP contribution in [0, 0.1) is 22.5 Å². The summed E-state index contributed by atoms with van der Waals surface area (Å²) in [6.07, 6.45) is 5.24. The fourth-order valence-electron chi connectivity index (χ4n) is 11.6. The predicted octanol–water partition coefficient (Wildman–Crippen LogP) is 13.9. The fourth-order valence-corrected chi connectivity index (χ4v) is 12.7. The van der Waals surface area contributed by atoms with E-state index in [1.807, 2.05) is 54.6 Å². The number of nitrogens with two attached hydrogens (primary N) is 2. The molecular formula is C74H97BrN12S2. The van der Waals surface area contributed by atoms with Crippen molar-refractivity contribution in [1.82, 2.24) is 39.6 Å². The zero-order valence-corrected chi connectivity index (χ0v) is 56.7. The van der Waals surface area contributed by atoms with Gasteiger partial charge in [-0.2, -0.15) is 5.26 Å². The summed E-state index contributed by atoms with van der Waals surface area (Å²) in [6.45, 7) is 26.2. The Bertz CT molecular complexity index is 3220. The Morgan fingerprint density at radius 1 is 0.528 bits per heavy atom. The summed E-state index contributed by atoms with van der Waals surface area (Å²) in [7, 11) is 6.58. The monoisotopic (exact) mass is 1300 g/mol. The molecule has 89 heavy (non-hydrogen) atoms. The van der Waals surface area contributed by atoms with Crippen LogP contribution in [0.15, 0.2) is 179 Å².